The Morgan fingerprint density at radius 2 is 1.71 bits per heavy atom. The van der Waals surface area contributed by atoms with Gasteiger partial charge >= 0.3 is 0 Å². The van der Waals surface area contributed by atoms with Crippen LogP contribution in [0, 0.1) is 6.92 Å². The number of halogens is 1. The molecular formula is C18H24IN3OS. The molecule has 0 saturated carbocycles. The predicted octanol–water partition coefficient (Wildman–Crippen LogP) is 3.09. The van der Waals surface area contributed by atoms with Crippen molar-refractivity contribution in [2.24, 2.45) is 4.99 Å². The van der Waals surface area contributed by atoms with E-state index in [0.29, 0.717) is 18.8 Å². The molecule has 0 saturated heterocycles. The maximum atomic E-state index is 12.1. The van der Waals surface area contributed by atoms with Crippen LogP contribution in [0.1, 0.15) is 11.1 Å². The lowest BCUT2D eigenvalue weighted by molar-refractivity contribution is 0.681. The first-order valence-electron chi connectivity index (χ1n) is 7.62. The van der Waals surface area contributed by atoms with Crippen LogP contribution in [-0.4, -0.2) is 29.5 Å². The second-order valence-electron chi connectivity index (χ2n) is 5.20. The van der Waals surface area contributed by atoms with Crippen LogP contribution in [0.25, 0.3) is 0 Å². The van der Waals surface area contributed by atoms with Gasteiger partial charge in [-0.05, 0) is 24.6 Å². The first-order chi connectivity index (χ1) is 11.2. The van der Waals surface area contributed by atoms with Crippen LogP contribution in [0.5, 0.6) is 0 Å². The largest absolute Gasteiger partial charge is 0.355 e. The van der Waals surface area contributed by atoms with Gasteiger partial charge in [0.1, 0.15) is 0 Å². The van der Waals surface area contributed by atoms with Crippen molar-refractivity contribution in [2.45, 2.75) is 18.4 Å². The van der Waals surface area contributed by atoms with Crippen molar-refractivity contribution in [1.82, 2.24) is 10.6 Å². The van der Waals surface area contributed by atoms with E-state index >= 15 is 0 Å². The number of nitrogens with zero attached hydrogens (tertiary/aromatic N) is 1. The highest BCUT2D eigenvalue weighted by Gasteiger charge is 2.04. The lowest BCUT2D eigenvalue weighted by Gasteiger charge is -2.12. The molecule has 1 atom stereocenters. The normalized spacial score (nSPS) is 12.2. The molecule has 2 aromatic rings. The molecule has 1 unspecified atom stereocenters. The fourth-order valence-electron chi connectivity index (χ4n) is 2.06. The van der Waals surface area contributed by atoms with Crippen molar-refractivity contribution in [2.75, 3.05) is 19.3 Å². The summed E-state index contributed by atoms with van der Waals surface area (Å²) in [6, 6.07) is 17.9. The lowest BCUT2D eigenvalue weighted by Crippen LogP contribution is -2.38. The van der Waals surface area contributed by atoms with Gasteiger partial charge in [0.25, 0.3) is 0 Å². The van der Waals surface area contributed by atoms with Crippen LogP contribution in [0.4, 0.5) is 0 Å². The Labute approximate surface area is 163 Å². The van der Waals surface area contributed by atoms with E-state index < -0.39 is 10.8 Å². The van der Waals surface area contributed by atoms with Crippen molar-refractivity contribution >= 4 is 40.7 Å². The van der Waals surface area contributed by atoms with Crippen molar-refractivity contribution < 1.29 is 4.21 Å². The molecule has 0 spiro atoms. The maximum Gasteiger partial charge on any atom is 0.191 e. The summed E-state index contributed by atoms with van der Waals surface area (Å²) in [5.74, 6) is 1.27. The van der Waals surface area contributed by atoms with Gasteiger partial charge in [-0.2, -0.15) is 0 Å². The average Bonchev–Trinajstić information content (AvgIpc) is 2.60. The third kappa shape index (κ3) is 7.00. The van der Waals surface area contributed by atoms with Gasteiger partial charge in [-0.25, -0.2) is 0 Å². The molecule has 0 aliphatic carbocycles. The summed E-state index contributed by atoms with van der Waals surface area (Å²) in [6.07, 6.45) is 0. The first-order valence-corrected chi connectivity index (χ1v) is 8.94. The third-order valence-corrected chi connectivity index (χ3v) is 4.76. The maximum absolute atomic E-state index is 12.1. The Hall–Kier alpha value is -1.41. The molecule has 0 bridgehead atoms. The zero-order valence-corrected chi connectivity index (χ0v) is 17.1. The topological polar surface area (TPSA) is 53.5 Å². The smallest absolute Gasteiger partial charge is 0.191 e. The Balaban J connectivity index is 0.00000288. The lowest BCUT2D eigenvalue weighted by atomic mass is 10.1. The van der Waals surface area contributed by atoms with Crippen molar-refractivity contribution in [1.29, 1.82) is 0 Å². The Morgan fingerprint density at radius 3 is 2.33 bits per heavy atom. The summed E-state index contributed by atoms with van der Waals surface area (Å²) in [4.78, 5) is 5.04. The molecule has 2 aromatic carbocycles. The van der Waals surface area contributed by atoms with Gasteiger partial charge in [-0.1, -0.05) is 48.0 Å². The summed E-state index contributed by atoms with van der Waals surface area (Å²) in [7, 11) is 0.745. The number of rotatable bonds is 6. The van der Waals surface area contributed by atoms with E-state index in [9.17, 15) is 4.21 Å². The van der Waals surface area contributed by atoms with Gasteiger partial charge < -0.3 is 10.6 Å². The Morgan fingerprint density at radius 1 is 1.04 bits per heavy atom. The number of nitrogens with one attached hydrogen (secondary N) is 2. The highest BCUT2D eigenvalue weighted by molar-refractivity contribution is 14.0. The monoisotopic (exact) mass is 457 g/mol. The van der Waals surface area contributed by atoms with Gasteiger partial charge in [0.2, 0.25) is 0 Å². The summed E-state index contributed by atoms with van der Waals surface area (Å²) < 4.78 is 12.1. The second-order valence-corrected chi connectivity index (χ2v) is 6.77. The Bertz CT molecular complexity index is 660. The predicted molar refractivity (Wildman–Crippen MR) is 113 cm³/mol. The van der Waals surface area contributed by atoms with E-state index in [2.05, 4.69) is 46.8 Å². The van der Waals surface area contributed by atoms with E-state index in [1.165, 1.54) is 11.1 Å². The molecular weight excluding hydrogens is 433 g/mol. The molecule has 2 N–H and O–H groups in total. The minimum Gasteiger partial charge on any atom is -0.355 e. The summed E-state index contributed by atoms with van der Waals surface area (Å²) in [6.45, 7) is 3.39. The highest BCUT2D eigenvalue weighted by Crippen LogP contribution is 2.05. The zero-order chi connectivity index (χ0) is 16.5. The molecule has 0 radical (unpaired) electrons. The zero-order valence-electron chi connectivity index (χ0n) is 14.0. The number of aliphatic imine (C=N–C) groups is 1. The van der Waals surface area contributed by atoms with Crippen molar-refractivity contribution in [3.63, 3.8) is 0 Å². The molecule has 6 heteroatoms. The number of aryl methyl sites for hydroxylation is 1. The van der Waals surface area contributed by atoms with E-state index in [-0.39, 0.29) is 24.0 Å². The van der Waals surface area contributed by atoms with Gasteiger partial charge in [-0.3, -0.25) is 9.20 Å². The van der Waals surface area contributed by atoms with Crippen LogP contribution in [0.2, 0.25) is 0 Å². The number of benzene rings is 2. The summed E-state index contributed by atoms with van der Waals surface area (Å²) in [5, 5.41) is 6.46. The van der Waals surface area contributed by atoms with E-state index in [0.717, 1.165) is 10.9 Å². The van der Waals surface area contributed by atoms with Crippen LogP contribution in [0.15, 0.2) is 64.5 Å². The molecule has 0 heterocycles. The van der Waals surface area contributed by atoms with Crippen molar-refractivity contribution in [3.05, 3.63) is 65.7 Å². The second kappa shape index (κ2) is 11.2. The van der Waals surface area contributed by atoms with Crippen LogP contribution in [0.3, 0.4) is 0 Å². The fourth-order valence-corrected chi connectivity index (χ4v) is 3.05. The van der Waals surface area contributed by atoms with Gasteiger partial charge in [0.15, 0.2) is 5.96 Å². The molecule has 130 valence electrons. The minimum absolute atomic E-state index is 0. The molecule has 4 nitrogen and oxygen atoms in total. The third-order valence-electron chi connectivity index (χ3n) is 3.39. The van der Waals surface area contributed by atoms with Crippen LogP contribution >= 0.6 is 24.0 Å². The number of guanidine groups is 1. The van der Waals surface area contributed by atoms with Crippen LogP contribution < -0.4 is 10.6 Å². The van der Waals surface area contributed by atoms with Crippen molar-refractivity contribution in [3.8, 4) is 0 Å². The molecule has 0 aliphatic heterocycles. The van der Waals surface area contributed by atoms with E-state index in [1.807, 2.05) is 30.3 Å². The number of hydrogen-bond donors (Lipinski definition) is 2. The highest BCUT2D eigenvalue weighted by atomic mass is 127. The molecule has 24 heavy (non-hydrogen) atoms. The first kappa shape index (κ1) is 20.6. The summed E-state index contributed by atoms with van der Waals surface area (Å²) >= 11 is 0. The molecule has 0 aromatic heterocycles. The van der Waals surface area contributed by atoms with Crippen LogP contribution in [-0.2, 0) is 17.3 Å². The Kier molecular flexibility index (Phi) is 9.63. The minimum atomic E-state index is -0.990. The standard InChI is InChI=1S/C18H23N3OS.HI/c1-15-8-10-16(11-9-15)14-21-18(19-2)20-12-13-23(22)17-6-4-3-5-7-17;/h3-11H,12-14H2,1-2H3,(H2,19,20,21);1H. The molecule has 0 amide bonds. The molecule has 0 aliphatic rings. The SMILES string of the molecule is CN=C(NCCS(=O)c1ccccc1)NCc1ccc(C)cc1.I. The number of hydrogen-bond acceptors (Lipinski definition) is 2. The summed E-state index contributed by atoms with van der Waals surface area (Å²) in [5.41, 5.74) is 2.45. The van der Waals surface area contributed by atoms with E-state index in [4.69, 9.17) is 0 Å². The fraction of sp³-hybridized carbons (Fsp3) is 0.278. The molecule has 0 fully saturated rings. The average molecular weight is 457 g/mol. The van der Waals surface area contributed by atoms with Gasteiger partial charge in [0, 0.05) is 30.8 Å². The van der Waals surface area contributed by atoms with Gasteiger partial charge in [0.05, 0.1) is 10.8 Å². The quantitative estimate of drug-likeness (QED) is 0.398. The molecule has 2 rings (SSSR count). The van der Waals surface area contributed by atoms with Gasteiger partial charge in [-0.15, -0.1) is 24.0 Å². The van der Waals surface area contributed by atoms with E-state index in [1.54, 1.807) is 7.05 Å².